The van der Waals surface area contributed by atoms with Crippen molar-refractivity contribution >= 4 is 11.5 Å². The summed E-state index contributed by atoms with van der Waals surface area (Å²) in [7, 11) is 0. The van der Waals surface area contributed by atoms with Crippen molar-refractivity contribution in [2.75, 3.05) is 6.54 Å². The molecule has 84 valence electrons. The highest BCUT2D eigenvalue weighted by Gasteiger charge is 2.16. The lowest BCUT2D eigenvalue weighted by molar-refractivity contribution is 0.582. The first-order valence-electron chi connectivity index (χ1n) is 5.17. The van der Waals surface area contributed by atoms with Gasteiger partial charge >= 0.3 is 0 Å². The fourth-order valence-corrected chi connectivity index (χ4v) is 1.92. The summed E-state index contributed by atoms with van der Waals surface area (Å²) in [6.07, 6.45) is 6.21. The van der Waals surface area contributed by atoms with Crippen molar-refractivity contribution in [2.24, 2.45) is 0 Å². The van der Waals surface area contributed by atoms with Gasteiger partial charge in [0.15, 0.2) is 0 Å². The number of rotatable bonds is 5. The molecule has 16 heavy (non-hydrogen) atoms. The summed E-state index contributed by atoms with van der Waals surface area (Å²) in [4.78, 5) is 8.06. The second-order valence-electron chi connectivity index (χ2n) is 3.39. The van der Waals surface area contributed by atoms with Gasteiger partial charge in [0.05, 0.1) is 11.7 Å². The van der Waals surface area contributed by atoms with Crippen LogP contribution in [0.15, 0.2) is 24.1 Å². The van der Waals surface area contributed by atoms with E-state index in [2.05, 4.69) is 31.8 Å². The Labute approximate surface area is 98.1 Å². The average molecular weight is 235 g/mol. The summed E-state index contributed by atoms with van der Waals surface area (Å²) in [6.45, 7) is 3.06. The maximum Gasteiger partial charge on any atom is 0.115 e. The van der Waals surface area contributed by atoms with Crippen molar-refractivity contribution in [2.45, 2.75) is 19.4 Å². The molecule has 0 aliphatic rings. The van der Waals surface area contributed by atoms with Crippen molar-refractivity contribution < 1.29 is 0 Å². The number of nitrogens with one attached hydrogen (secondary N) is 1. The van der Waals surface area contributed by atoms with Crippen LogP contribution in [0.3, 0.4) is 0 Å². The van der Waals surface area contributed by atoms with Gasteiger partial charge in [-0.2, -0.15) is 0 Å². The molecule has 1 unspecified atom stereocenters. The molecule has 2 aromatic heterocycles. The zero-order valence-electron chi connectivity index (χ0n) is 9.00. The third-order valence-corrected chi connectivity index (χ3v) is 2.71. The fraction of sp³-hybridized carbons (Fsp3) is 0.400. The van der Waals surface area contributed by atoms with Crippen LogP contribution in [0, 0.1) is 0 Å². The Hall–Kier alpha value is -1.40. The highest BCUT2D eigenvalue weighted by molar-refractivity contribution is 7.03. The minimum atomic E-state index is 0.0416. The van der Waals surface area contributed by atoms with Gasteiger partial charge in [-0.25, -0.2) is 9.97 Å². The topological polar surface area (TPSA) is 63.6 Å². The standard InChI is InChI=1S/C10H13N5S/c1-2-3-13-10(9-6-16-15-14-9)8-4-11-7-12-5-8/h4-7,10,13H,2-3H2,1H3. The number of nitrogens with zero attached hydrogens (tertiary/aromatic N) is 4. The van der Waals surface area contributed by atoms with E-state index < -0.39 is 0 Å². The minimum Gasteiger partial charge on any atom is -0.305 e. The molecule has 0 saturated carbocycles. The Morgan fingerprint density at radius 3 is 2.81 bits per heavy atom. The van der Waals surface area contributed by atoms with E-state index in [4.69, 9.17) is 0 Å². The molecule has 0 radical (unpaired) electrons. The van der Waals surface area contributed by atoms with Gasteiger partial charge in [-0.1, -0.05) is 11.4 Å². The van der Waals surface area contributed by atoms with Crippen molar-refractivity contribution in [1.29, 1.82) is 0 Å². The smallest absolute Gasteiger partial charge is 0.115 e. The Morgan fingerprint density at radius 2 is 2.19 bits per heavy atom. The maximum atomic E-state index is 4.10. The molecule has 0 spiro atoms. The van der Waals surface area contributed by atoms with Crippen LogP contribution in [-0.2, 0) is 0 Å². The van der Waals surface area contributed by atoms with Crippen molar-refractivity contribution in [3.05, 3.63) is 35.4 Å². The molecule has 0 bridgehead atoms. The lowest BCUT2D eigenvalue weighted by atomic mass is 10.1. The van der Waals surface area contributed by atoms with Crippen LogP contribution in [0.1, 0.15) is 30.6 Å². The second kappa shape index (κ2) is 5.62. The van der Waals surface area contributed by atoms with E-state index in [1.807, 2.05) is 5.38 Å². The molecule has 5 nitrogen and oxygen atoms in total. The first-order chi connectivity index (χ1) is 7.92. The quantitative estimate of drug-likeness (QED) is 0.849. The van der Waals surface area contributed by atoms with Crippen molar-refractivity contribution in [3.8, 4) is 0 Å². The molecule has 0 amide bonds. The van der Waals surface area contributed by atoms with Crippen LogP contribution >= 0.6 is 11.5 Å². The van der Waals surface area contributed by atoms with Crippen LogP contribution < -0.4 is 5.32 Å². The molecule has 0 aromatic carbocycles. The minimum absolute atomic E-state index is 0.0416. The number of hydrogen-bond acceptors (Lipinski definition) is 6. The molecule has 2 heterocycles. The van der Waals surface area contributed by atoms with E-state index in [1.54, 1.807) is 12.4 Å². The van der Waals surface area contributed by atoms with Gasteiger partial charge in [0, 0.05) is 23.3 Å². The monoisotopic (exact) mass is 235 g/mol. The highest BCUT2D eigenvalue weighted by Crippen LogP contribution is 2.19. The molecular weight excluding hydrogens is 222 g/mol. The third kappa shape index (κ3) is 2.59. The molecular formula is C10H13N5S. The van der Waals surface area contributed by atoms with Crippen LogP contribution in [0.5, 0.6) is 0 Å². The lowest BCUT2D eigenvalue weighted by Crippen LogP contribution is -2.23. The normalized spacial score (nSPS) is 12.6. The van der Waals surface area contributed by atoms with E-state index in [-0.39, 0.29) is 6.04 Å². The summed E-state index contributed by atoms with van der Waals surface area (Å²) in [5, 5.41) is 9.45. The molecule has 0 fully saturated rings. The van der Waals surface area contributed by atoms with Gasteiger partial charge in [0.25, 0.3) is 0 Å². The Kier molecular flexibility index (Phi) is 3.90. The lowest BCUT2D eigenvalue weighted by Gasteiger charge is -2.15. The Balaban J connectivity index is 2.21. The first kappa shape index (κ1) is 11.1. The van der Waals surface area contributed by atoms with E-state index in [0.29, 0.717) is 0 Å². The van der Waals surface area contributed by atoms with Gasteiger partial charge in [0.2, 0.25) is 0 Å². The number of hydrogen-bond donors (Lipinski definition) is 1. The Bertz CT molecular complexity index is 402. The molecule has 2 rings (SSSR count). The highest BCUT2D eigenvalue weighted by atomic mass is 32.1. The van der Waals surface area contributed by atoms with Gasteiger partial charge in [-0.05, 0) is 24.5 Å². The van der Waals surface area contributed by atoms with E-state index in [9.17, 15) is 0 Å². The molecule has 0 aliphatic heterocycles. The average Bonchev–Trinajstić information content (AvgIpc) is 2.85. The first-order valence-corrected chi connectivity index (χ1v) is 6.00. The second-order valence-corrected chi connectivity index (χ2v) is 4.00. The summed E-state index contributed by atoms with van der Waals surface area (Å²) < 4.78 is 3.89. The SMILES string of the molecule is CCCNC(c1cncnc1)c1csnn1. The van der Waals surface area contributed by atoms with E-state index >= 15 is 0 Å². The van der Waals surface area contributed by atoms with Crippen LogP contribution in [0.2, 0.25) is 0 Å². The molecule has 0 aliphatic carbocycles. The number of aromatic nitrogens is 4. The summed E-state index contributed by atoms with van der Waals surface area (Å²) in [5.74, 6) is 0. The summed E-state index contributed by atoms with van der Waals surface area (Å²) in [6, 6.07) is 0.0416. The van der Waals surface area contributed by atoms with E-state index in [0.717, 1.165) is 24.2 Å². The molecule has 6 heteroatoms. The molecule has 2 aromatic rings. The maximum absolute atomic E-state index is 4.10. The Morgan fingerprint density at radius 1 is 1.38 bits per heavy atom. The summed E-state index contributed by atoms with van der Waals surface area (Å²) in [5.41, 5.74) is 1.94. The third-order valence-electron chi connectivity index (χ3n) is 2.18. The van der Waals surface area contributed by atoms with Crippen LogP contribution in [0.4, 0.5) is 0 Å². The predicted molar refractivity (Wildman–Crippen MR) is 62.1 cm³/mol. The van der Waals surface area contributed by atoms with Crippen LogP contribution in [0.25, 0.3) is 0 Å². The summed E-state index contributed by atoms with van der Waals surface area (Å²) >= 11 is 1.35. The van der Waals surface area contributed by atoms with E-state index in [1.165, 1.54) is 17.9 Å². The van der Waals surface area contributed by atoms with Crippen LogP contribution in [-0.4, -0.2) is 26.1 Å². The van der Waals surface area contributed by atoms with Gasteiger partial charge in [-0.3, -0.25) is 0 Å². The van der Waals surface area contributed by atoms with Gasteiger partial charge < -0.3 is 5.32 Å². The van der Waals surface area contributed by atoms with Crippen molar-refractivity contribution in [3.63, 3.8) is 0 Å². The molecule has 1 atom stereocenters. The van der Waals surface area contributed by atoms with Crippen molar-refractivity contribution in [1.82, 2.24) is 24.9 Å². The van der Waals surface area contributed by atoms with Gasteiger partial charge in [0.1, 0.15) is 6.33 Å². The molecule has 0 saturated heterocycles. The zero-order chi connectivity index (χ0) is 11.2. The zero-order valence-corrected chi connectivity index (χ0v) is 9.81. The van der Waals surface area contributed by atoms with Gasteiger partial charge in [-0.15, -0.1) is 5.10 Å². The molecule has 1 N–H and O–H groups in total. The largest absolute Gasteiger partial charge is 0.305 e. The predicted octanol–water partition coefficient (Wildman–Crippen LogP) is 1.42. The fourth-order valence-electron chi connectivity index (χ4n) is 1.44.